The fourth-order valence-electron chi connectivity index (χ4n) is 2.47. The molecule has 1 heterocycles. The molecule has 0 bridgehead atoms. The van der Waals surface area contributed by atoms with Crippen LogP contribution in [0.2, 0.25) is 0 Å². The number of aromatic amines is 1. The smallest absolute Gasteiger partial charge is 0.0687 e. The fraction of sp³-hybridized carbons (Fsp3) is 0.429. The minimum absolute atomic E-state index is 0.117. The van der Waals surface area contributed by atoms with Crippen molar-refractivity contribution in [1.82, 2.24) is 10.3 Å². The number of H-pyrrole nitrogens is 1. The van der Waals surface area contributed by atoms with E-state index < -0.39 is 0 Å². The summed E-state index contributed by atoms with van der Waals surface area (Å²) in [6.45, 7) is 2.85. The van der Waals surface area contributed by atoms with Gasteiger partial charge < -0.3 is 15.0 Å². The molecule has 92 valence electrons. The van der Waals surface area contributed by atoms with Gasteiger partial charge in [-0.25, -0.2) is 0 Å². The molecule has 1 atom stereocenters. The summed E-state index contributed by atoms with van der Waals surface area (Å²) in [4.78, 5) is 3.32. The highest BCUT2D eigenvalue weighted by atomic mass is 16.5. The number of nitrogens with one attached hydrogen (secondary N) is 2. The second-order valence-corrected chi connectivity index (χ2v) is 4.37. The van der Waals surface area contributed by atoms with Crippen molar-refractivity contribution in [2.24, 2.45) is 0 Å². The van der Waals surface area contributed by atoms with Gasteiger partial charge in [0.25, 0.3) is 0 Å². The van der Waals surface area contributed by atoms with Crippen LogP contribution < -0.4 is 5.32 Å². The molecule has 2 aromatic rings. The maximum Gasteiger partial charge on any atom is 0.0687 e. The molecule has 0 fully saturated rings. The predicted molar refractivity (Wildman–Crippen MR) is 71.2 cm³/mol. The molecule has 0 aliphatic heterocycles. The lowest BCUT2D eigenvalue weighted by molar-refractivity contribution is 0.111. The van der Waals surface area contributed by atoms with Crippen LogP contribution in [0, 0.1) is 0 Å². The molecule has 17 heavy (non-hydrogen) atoms. The van der Waals surface area contributed by atoms with Crippen LogP contribution >= 0.6 is 0 Å². The molecule has 0 aliphatic rings. The number of ether oxygens (including phenoxy) is 1. The van der Waals surface area contributed by atoms with Crippen LogP contribution in [-0.2, 0) is 10.3 Å². The molecular weight excluding hydrogens is 212 g/mol. The lowest BCUT2D eigenvalue weighted by Crippen LogP contribution is -2.43. The van der Waals surface area contributed by atoms with E-state index in [2.05, 4.69) is 41.6 Å². The molecule has 0 saturated carbocycles. The molecule has 1 unspecified atom stereocenters. The summed E-state index contributed by atoms with van der Waals surface area (Å²) in [5, 5.41) is 4.68. The van der Waals surface area contributed by atoms with Crippen LogP contribution in [0.3, 0.4) is 0 Å². The number of likely N-dealkylation sites (N-methyl/N-ethyl adjacent to an activating group) is 1. The molecule has 0 radical (unpaired) electrons. The van der Waals surface area contributed by atoms with Crippen molar-refractivity contribution in [3.05, 3.63) is 36.0 Å². The van der Waals surface area contributed by atoms with Gasteiger partial charge in [0.1, 0.15) is 0 Å². The van der Waals surface area contributed by atoms with E-state index in [0.717, 1.165) is 6.42 Å². The highest BCUT2D eigenvalue weighted by Crippen LogP contribution is 2.31. The zero-order chi connectivity index (χ0) is 12.3. The summed E-state index contributed by atoms with van der Waals surface area (Å²) in [5.74, 6) is 0. The Kier molecular flexibility index (Phi) is 3.50. The zero-order valence-corrected chi connectivity index (χ0v) is 10.7. The molecule has 2 rings (SSSR count). The standard InChI is InChI=1S/C14H20N2O/c1-4-14(15-2,10-17-3)12-9-16-13-8-6-5-7-11(12)13/h5-9,15-16H,4,10H2,1-3H3. The van der Waals surface area contributed by atoms with E-state index in [1.807, 2.05) is 13.1 Å². The largest absolute Gasteiger partial charge is 0.382 e. The summed E-state index contributed by atoms with van der Waals surface area (Å²) < 4.78 is 5.39. The van der Waals surface area contributed by atoms with Crippen LogP contribution in [-0.4, -0.2) is 25.7 Å². The average Bonchev–Trinajstić information content (AvgIpc) is 2.81. The van der Waals surface area contributed by atoms with Crippen molar-refractivity contribution in [3.63, 3.8) is 0 Å². The second kappa shape index (κ2) is 4.90. The van der Waals surface area contributed by atoms with Crippen molar-refractivity contribution < 1.29 is 4.74 Å². The molecule has 3 nitrogen and oxygen atoms in total. The highest BCUT2D eigenvalue weighted by molar-refractivity contribution is 5.84. The number of benzene rings is 1. The van der Waals surface area contributed by atoms with E-state index in [1.165, 1.54) is 16.5 Å². The third-order valence-corrected chi connectivity index (χ3v) is 3.58. The first-order valence-electron chi connectivity index (χ1n) is 6.02. The number of hydrogen-bond donors (Lipinski definition) is 2. The monoisotopic (exact) mass is 232 g/mol. The molecule has 3 heteroatoms. The lowest BCUT2D eigenvalue weighted by Gasteiger charge is -2.31. The van der Waals surface area contributed by atoms with Gasteiger partial charge in [0, 0.05) is 24.2 Å². The van der Waals surface area contributed by atoms with Crippen molar-refractivity contribution in [2.75, 3.05) is 20.8 Å². The second-order valence-electron chi connectivity index (χ2n) is 4.37. The minimum Gasteiger partial charge on any atom is -0.382 e. The molecule has 0 aliphatic carbocycles. The van der Waals surface area contributed by atoms with E-state index in [9.17, 15) is 0 Å². The number of hydrogen-bond acceptors (Lipinski definition) is 2. The van der Waals surface area contributed by atoms with E-state index in [0.29, 0.717) is 6.61 Å². The first-order chi connectivity index (χ1) is 8.27. The van der Waals surface area contributed by atoms with Crippen LogP contribution in [0.25, 0.3) is 10.9 Å². The van der Waals surface area contributed by atoms with Gasteiger partial charge in [-0.3, -0.25) is 0 Å². The Balaban J connectivity index is 2.56. The van der Waals surface area contributed by atoms with Gasteiger partial charge in [0.05, 0.1) is 12.1 Å². The van der Waals surface area contributed by atoms with E-state index in [4.69, 9.17) is 4.74 Å². The van der Waals surface area contributed by atoms with Crippen molar-refractivity contribution in [1.29, 1.82) is 0 Å². The number of fused-ring (bicyclic) bond motifs is 1. The van der Waals surface area contributed by atoms with E-state index >= 15 is 0 Å². The lowest BCUT2D eigenvalue weighted by atomic mass is 9.88. The minimum atomic E-state index is -0.117. The van der Waals surface area contributed by atoms with Gasteiger partial charge in [0.2, 0.25) is 0 Å². The van der Waals surface area contributed by atoms with E-state index in [-0.39, 0.29) is 5.54 Å². The highest BCUT2D eigenvalue weighted by Gasteiger charge is 2.30. The quantitative estimate of drug-likeness (QED) is 0.831. The van der Waals surface area contributed by atoms with Gasteiger partial charge in [-0.1, -0.05) is 25.1 Å². The summed E-state index contributed by atoms with van der Waals surface area (Å²) in [5.41, 5.74) is 2.33. The SMILES string of the molecule is CCC(COC)(NC)c1c[nH]c2ccccc12. The Bertz CT molecular complexity index is 486. The third-order valence-electron chi connectivity index (χ3n) is 3.58. The Morgan fingerprint density at radius 2 is 2.12 bits per heavy atom. The summed E-state index contributed by atoms with van der Waals surface area (Å²) in [7, 11) is 3.74. The number of para-hydroxylation sites is 1. The molecular formula is C14H20N2O. The molecule has 0 spiro atoms. The molecule has 2 N–H and O–H groups in total. The fourth-order valence-corrected chi connectivity index (χ4v) is 2.47. The van der Waals surface area contributed by atoms with Gasteiger partial charge >= 0.3 is 0 Å². The maximum atomic E-state index is 5.39. The number of methoxy groups -OCH3 is 1. The third kappa shape index (κ3) is 1.96. The zero-order valence-electron chi connectivity index (χ0n) is 10.7. The van der Waals surface area contributed by atoms with Gasteiger partial charge in [-0.05, 0) is 25.1 Å². The van der Waals surface area contributed by atoms with Crippen molar-refractivity contribution in [3.8, 4) is 0 Å². The molecule has 1 aromatic heterocycles. The topological polar surface area (TPSA) is 37.0 Å². The molecule has 1 aromatic carbocycles. The maximum absolute atomic E-state index is 5.39. The van der Waals surface area contributed by atoms with E-state index in [1.54, 1.807) is 7.11 Å². The summed E-state index contributed by atoms with van der Waals surface area (Å²) >= 11 is 0. The predicted octanol–water partition coefficient (Wildman–Crippen LogP) is 2.64. The molecule has 0 amide bonds. The normalized spacial score (nSPS) is 15.0. The van der Waals surface area contributed by atoms with Gasteiger partial charge in [-0.15, -0.1) is 0 Å². The number of rotatable bonds is 5. The van der Waals surface area contributed by atoms with Crippen LogP contribution in [0.15, 0.2) is 30.5 Å². The Morgan fingerprint density at radius 3 is 2.76 bits per heavy atom. The van der Waals surface area contributed by atoms with Gasteiger partial charge in [0.15, 0.2) is 0 Å². The van der Waals surface area contributed by atoms with Gasteiger partial charge in [-0.2, -0.15) is 0 Å². The van der Waals surface area contributed by atoms with Crippen LogP contribution in [0.4, 0.5) is 0 Å². The Labute approximate surface area is 102 Å². The van der Waals surface area contributed by atoms with Crippen molar-refractivity contribution >= 4 is 10.9 Å². The summed E-state index contributed by atoms with van der Waals surface area (Å²) in [6.07, 6.45) is 3.07. The number of aromatic nitrogens is 1. The van der Waals surface area contributed by atoms with Crippen molar-refractivity contribution in [2.45, 2.75) is 18.9 Å². The molecule has 0 saturated heterocycles. The first-order valence-corrected chi connectivity index (χ1v) is 6.02. The van der Waals surface area contributed by atoms with Crippen LogP contribution in [0.1, 0.15) is 18.9 Å². The Morgan fingerprint density at radius 1 is 1.35 bits per heavy atom. The van der Waals surface area contributed by atoms with Crippen LogP contribution in [0.5, 0.6) is 0 Å². The average molecular weight is 232 g/mol. The first kappa shape index (κ1) is 12.1. The summed E-state index contributed by atoms with van der Waals surface area (Å²) in [6, 6.07) is 8.37. The Hall–Kier alpha value is -1.32.